The van der Waals surface area contributed by atoms with Crippen LogP contribution < -0.4 is 0 Å². The van der Waals surface area contributed by atoms with Crippen molar-refractivity contribution in [1.29, 1.82) is 0 Å². The van der Waals surface area contributed by atoms with Gasteiger partial charge in [0.15, 0.2) is 0 Å². The quantitative estimate of drug-likeness (QED) is 0.291. The normalized spacial score (nSPS) is 19.9. The molecule has 0 aliphatic heterocycles. The van der Waals surface area contributed by atoms with Crippen LogP contribution in [0.15, 0.2) is 48.6 Å². The summed E-state index contributed by atoms with van der Waals surface area (Å²) in [5, 5.41) is 0. The zero-order chi connectivity index (χ0) is 24.2. The molecule has 2 aromatic carbocycles. The van der Waals surface area contributed by atoms with Crippen LogP contribution in [0.3, 0.4) is 0 Å². The zero-order valence-corrected chi connectivity index (χ0v) is 18.1. The van der Waals surface area contributed by atoms with Crippen LogP contribution in [0.25, 0.3) is 0 Å². The lowest BCUT2D eigenvalue weighted by Gasteiger charge is -2.27. The number of alkyl halides is 5. The van der Waals surface area contributed by atoms with Crippen LogP contribution in [0, 0.1) is 17.6 Å². The summed E-state index contributed by atoms with van der Waals surface area (Å²) in [4.78, 5) is 0. The summed E-state index contributed by atoms with van der Waals surface area (Å²) < 4.78 is 98.6. The second-order valence-electron chi connectivity index (χ2n) is 8.31. The Bertz CT molecular complexity index is 933. The maximum absolute atomic E-state index is 14.4. The third-order valence-electron chi connectivity index (χ3n) is 6.01. The molecule has 0 bridgehead atoms. The van der Waals surface area contributed by atoms with Gasteiger partial charge in [-0.15, -0.1) is 0 Å². The summed E-state index contributed by atoms with van der Waals surface area (Å²) in [5.74, 6) is -2.70. The average Bonchev–Trinajstić information content (AvgIpc) is 2.73. The molecular weight excluding hydrogens is 449 g/mol. The van der Waals surface area contributed by atoms with Gasteiger partial charge in [-0.25, -0.2) is 8.78 Å². The number of benzene rings is 2. The van der Waals surface area contributed by atoms with Gasteiger partial charge >= 0.3 is 12.3 Å². The van der Waals surface area contributed by atoms with E-state index in [1.54, 1.807) is 12.1 Å². The number of rotatable bonds is 7. The molecule has 1 fully saturated rings. The smallest absolute Gasteiger partial charge is 0.316 e. The third-order valence-corrected chi connectivity index (χ3v) is 6.01. The van der Waals surface area contributed by atoms with Gasteiger partial charge in [0.25, 0.3) is 0 Å². The molecule has 1 aliphatic carbocycles. The van der Waals surface area contributed by atoms with Crippen LogP contribution in [0.4, 0.5) is 30.7 Å². The van der Waals surface area contributed by atoms with Crippen molar-refractivity contribution in [3.05, 3.63) is 82.4 Å². The van der Waals surface area contributed by atoms with Crippen molar-refractivity contribution in [2.75, 3.05) is 6.61 Å². The van der Waals surface area contributed by atoms with E-state index in [1.165, 1.54) is 12.1 Å². The van der Waals surface area contributed by atoms with Crippen molar-refractivity contribution in [3.8, 4) is 0 Å². The van der Waals surface area contributed by atoms with Gasteiger partial charge in [-0.2, -0.15) is 22.0 Å². The predicted octanol–water partition coefficient (Wildman–Crippen LogP) is 8.14. The van der Waals surface area contributed by atoms with Gasteiger partial charge in [-0.1, -0.05) is 36.4 Å². The Kier molecular flexibility index (Phi) is 7.88. The fourth-order valence-electron chi connectivity index (χ4n) is 4.29. The lowest BCUT2D eigenvalue weighted by molar-refractivity contribution is -0.248. The molecule has 1 aliphatic rings. The minimum Gasteiger partial charge on any atom is -0.316 e. The first kappa shape index (κ1) is 25.3. The first-order valence-corrected chi connectivity index (χ1v) is 10.8. The van der Waals surface area contributed by atoms with Crippen LogP contribution in [-0.2, 0) is 23.4 Å². The van der Waals surface area contributed by atoms with Crippen LogP contribution in [-0.4, -0.2) is 6.61 Å². The Morgan fingerprint density at radius 2 is 1.48 bits per heavy atom. The van der Waals surface area contributed by atoms with E-state index >= 15 is 0 Å². The summed E-state index contributed by atoms with van der Waals surface area (Å²) in [6, 6.07) is 6.87. The molecule has 1 saturated carbocycles. The second-order valence-corrected chi connectivity index (χ2v) is 8.31. The van der Waals surface area contributed by atoms with Gasteiger partial charge in [0.05, 0.1) is 12.2 Å². The van der Waals surface area contributed by atoms with Crippen molar-refractivity contribution in [1.82, 2.24) is 0 Å². The maximum atomic E-state index is 14.4. The third kappa shape index (κ3) is 6.37. The highest BCUT2D eigenvalue weighted by molar-refractivity contribution is 5.29. The van der Waals surface area contributed by atoms with Gasteiger partial charge < -0.3 is 4.74 Å². The van der Waals surface area contributed by atoms with Gasteiger partial charge in [-0.3, -0.25) is 0 Å². The van der Waals surface area contributed by atoms with Gasteiger partial charge in [-0.05, 0) is 74.1 Å². The molecule has 0 heterocycles. The van der Waals surface area contributed by atoms with E-state index in [0.29, 0.717) is 24.0 Å². The van der Waals surface area contributed by atoms with Crippen molar-refractivity contribution in [2.45, 2.75) is 57.2 Å². The molecule has 8 heteroatoms. The maximum Gasteiger partial charge on any atom is 0.422 e. The van der Waals surface area contributed by atoms with E-state index in [-0.39, 0.29) is 17.5 Å². The van der Waals surface area contributed by atoms with Gasteiger partial charge in [0, 0.05) is 0 Å². The summed E-state index contributed by atoms with van der Waals surface area (Å²) in [7, 11) is 0. The number of ether oxygens (including phenoxy) is 1. The largest absolute Gasteiger partial charge is 0.422 e. The standard InChI is InChI=1S/C25H25F7O/c1-2-3-16-4-6-18(7-5-16)19-8-10-20(11-9-19)25(31,32)33-13-12-17-14-21(26)23(22(27)15-17)24(28,29)30/h2-3,8-11,14-16,18H,4-7,12-13H2,1H3/b3-2+/t16-,18-. The van der Waals surface area contributed by atoms with E-state index in [1.807, 2.05) is 13.0 Å². The number of halogens is 7. The van der Waals surface area contributed by atoms with E-state index in [4.69, 9.17) is 0 Å². The zero-order valence-electron chi connectivity index (χ0n) is 18.1. The van der Waals surface area contributed by atoms with Crippen molar-refractivity contribution in [3.63, 3.8) is 0 Å². The molecule has 33 heavy (non-hydrogen) atoms. The van der Waals surface area contributed by atoms with Crippen LogP contribution in [0.5, 0.6) is 0 Å². The number of hydrogen-bond donors (Lipinski definition) is 0. The molecule has 2 aromatic rings. The fraction of sp³-hybridized carbons (Fsp3) is 0.440. The first-order chi connectivity index (χ1) is 15.5. The minimum atomic E-state index is -5.19. The summed E-state index contributed by atoms with van der Waals surface area (Å²) >= 11 is 0. The Balaban J connectivity index is 1.58. The van der Waals surface area contributed by atoms with Crippen molar-refractivity contribution < 1.29 is 35.5 Å². The Hall–Kier alpha value is -2.35. The molecule has 0 spiro atoms. The van der Waals surface area contributed by atoms with E-state index in [2.05, 4.69) is 10.8 Å². The molecule has 180 valence electrons. The molecule has 0 N–H and O–H groups in total. The molecular formula is C25H25F7O. The number of allylic oxidation sites excluding steroid dienone is 2. The first-order valence-electron chi connectivity index (χ1n) is 10.8. The summed E-state index contributed by atoms with van der Waals surface area (Å²) in [6.07, 6.45) is -0.878. The highest BCUT2D eigenvalue weighted by Crippen LogP contribution is 2.38. The highest BCUT2D eigenvalue weighted by Gasteiger charge is 2.38. The Labute approximate surface area is 188 Å². The SMILES string of the molecule is C/C=C/[C@H]1CC[C@H](c2ccc(C(F)(F)OCCc3cc(F)c(C(F)(F)F)c(F)c3)cc2)CC1. The van der Waals surface area contributed by atoms with Gasteiger partial charge in [0.2, 0.25) is 0 Å². The monoisotopic (exact) mass is 474 g/mol. The van der Waals surface area contributed by atoms with Crippen molar-refractivity contribution in [2.24, 2.45) is 5.92 Å². The Morgan fingerprint density at radius 1 is 0.909 bits per heavy atom. The lowest BCUT2D eigenvalue weighted by atomic mass is 9.78. The Morgan fingerprint density at radius 3 is 2.00 bits per heavy atom. The molecule has 0 saturated heterocycles. The molecule has 0 radical (unpaired) electrons. The number of hydrogen-bond acceptors (Lipinski definition) is 1. The predicted molar refractivity (Wildman–Crippen MR) is 111 cm³/mol. The second kappa shape index (κ2) is 10.3. The average molecular weight is 474 g/mol. The van der Waals surface area contributed by atoms with E-state index in [0.717, 1.165) is 31.2 Å². The molecule has 0 aromatic heterocycles. The molecule has 0 amide bonds. The highest BCUT2D eigenvalue weighted by atomic mass is 19.4. The minimum absolute atomic E-state index is 0.210. The summed E-state index contributed by atoms with van der Waals surface area (Å²) in [5.41, 5.74) is -1.59. The molecule has 3 rings (SSSR count). The van der Waals surface area contributed by atoms with Crippen LogP contribution >= 0.6 is 0 Å². The lowest BCUT2D eigenvalue weighted by Crippen LogP contribution is -2.20. The van der Waals surface area contributed by atoms with E-state index < -0.39 is 36.1 Å². The topological polar surface area (TPSA) is 9.23 Å². The summed E-state index contributed by atoms with van der Waals surface area (Å²) in [6.45, 7) is 1.36. The fourth-order valence-corrected chi connectivity index (χ4v) is 4.29. The van der Waals surface area contributed by atoms with Crippen LogP contribution in [0.1, 0.15) is 60.8 Å². The molecule has 1 nitrogen and oxygen atoms in total. The molecule has 0 atom stereocenters. The van der Waals surface area contributed by atoms with E-state index in [9.17, 15) is 30.7 Å². The van der Waals surface area contributed by atoms with Crippen molar-refractivity contribution >= 4 is 0 Å². The van der Waals surface area contributed by atoms with Gasteiger partial charge in [0.1, 0.15) is 17.2 Å². The molecule has 0 unspecified atom stereocenters. The van der Waals surface area contributed by atoms with Crippen LogP contribution in [0.2, 0.25) is 0 Å².